The highest BCUT2D eigenvalue weighted by atomic mass is 35.7. The minimum absolute atomic E-state index is 0.00362. The van der Waals surface area contributed by atoms with Gasteiger partial charge in [0.15, 0.2) is 0 Å². The van der Waals surface area contributed by atoms with Crippen LogP contribution in [0.4, 0.5) is 0 Å². The molecule has 0 atom stereocenters. The van der Waals surface area contributed by atoms with Gasteiger partial charge in [0.2, 0.25) is 0 Å². The highest BCUT2D eigenvalue weighted by Gasteiger charge is 2.25. The molecule has 1 aromatic carbocycles. The van der Waals surface area contributed by atoms with Crippen molar-refractivity contribution in [3.8, 4) is 0 Å². The van der Waals surface area contributed by atoms with Crippen LogP contribution in [-0.4, -0.2) is 21.0 Å². The summed E-state index contributed by atoms with van der Waals surface area (Å²) in [6, 6.07) is 1.65. The van der Waals surface area contributed by atoms with Crippen molar-refractivity contribution in [2.45, 2.75) is 44.9 Å². The molecule has 6 heteroatoms. The molecular formula is C15H19ClO4S. The quantitative estimate of drug-likeness (QED) is 0.612. The SMILES string of the molecule is Cc1cc(C)c(S(=O)(=O)Cl)c(C)c1C(=O)OCCC1CC1. The molecular weight excluding hydrogens is 312 g/mol. The smallest absolute Gasteiger partial charge is 0.338 e. The summed E-state index contributed by atoms with van der Waals surface area (Å²) in [6.07, 6.45) is 3.28. The highest BCUT2D eigenvalue weighted by molar-refractivity contribution is 8.13. The van der Waals surface area contributed by atoms with E-state index in [1.807, 2.05) is 0 Å². The normalized spacial score (nSPS) is 15.0. The van der Waals surface area contributed by atoms with Crippen LogP contribution in [0.2, 0.25) is 0 Å². The lowest BCUT2D eigenvalue weighted by Crippen LogP contribution is -2.13. The molecule has 0 radical (unpaired) electrons. The number of hydrogen-bond acceptors (Lipinski definition) is 4. The van der Waals surface area contributed by atoms with E-state index in [0.29, 0.717) is 34.8 Å². The van der Waals surface area contributed by atoms with Crippen molar-refractivity contribution < 1.29 is 17.9 Å². The van der Waals surface area contributed by atoms with Crippen LogP contribution in [0.25, 0.3) is 0 Å². The Morgan fingerprint density at radius 1 is 1.29 bits per heavy atom. The standard InChI is InChI=1S/C15H19ClO4S/c1-9-8-10(2)14(21(16,18)19)11(3)13(9)15(17)20-7-6-12-4-5-12/h8,12H,4-7H2,1-3H3. The number of esters is 1. The molecule has 2 rings (SSSR count). The molecule has 4 nitrogen and oxygen atoms in total. The highest BCUT2D eigenvalue weighted by Crippen LogP contribution is 2.33. The third-order valence-electron chi connectivity index (χ3n) is 3.81. The van der Waals surface area contributed by atoms with Crippen molar-refractivity contribution in [2.24, 2.45) is 5.92 Å². The van der Waals surface area contributed by atoms with Crippen molar-refractivity contribution in [3.63, 3.8) is 0 Å². The lowest BCUT2D eigenvalue weighted by molar-refractivity contribution is 0.0493. The third-order valence-corrected chi connectivity index (χ3v) is 5.38. The van der Waals surface area contributed by atoms with Crippen molar-refractivity contribution in [1.29, 1.82) is 0 Å². The molecule has 0 spiro atoms. The molecule has 1 aliphatic carbocycles. The Kier molecular flexibility index (Phi) is 4.63. The first-order chi connectivity index (χ1) is 9.71. The van der Waals surface area contributed by atoms with E-state index in [1.165, 1.54) is 12.8 Å². The van der Waals surface area contributed by atoms with E-state index in [2.05, 4.69) is 0 Å². The lowest BCUT2D eigenvalue weighted by Gasteiger charge is -2.14. The number of halogens is 1. The molecule has 116 valence electrons. The van der Waals surface area contributed by atoms with Gasteiger partial charge in [0, 0.05) is 10.7 Å². The topological polar surface area (TPSA) is 60.4 Å². The van der Waals surface area contributed by atoms with Gasteiger partial charge in [-0.1, -0.05) is 18.9 Å². The summed E-state index contributed by atoms with van der Waals surface area (Å²) >= 11 is 0. The van der Waals surface area contributed by atoms with Gasteiger partial charge in [-0.15, -0.1) is 0 Å². The van der Waals surface area contributed by atoms with E-state index in [-0.39, 0.29) is 4.90 Å². The minimum Gasteiger partial charge on any atom is -0.462 e. The Hall–Kier alpha value is -1.07. The molecule has 1 aromatic rings. The molecule has 0 unspecified atom stereocenters. The van der Waals surface area contributed by atoms with Crippen LogP contribution in [-0.2, 0) is 13.8 Å². The van der Waals surface area contributed by atoms with Crippen molar-refractivity contribution in [2.75, 3.05) is 6.61 Å². The number of carbonyl (C=O) groups excluding carboxylic acids is 1. The average molecular weight is 331 g/mol. The molecule has 0 bridgehead atoms. The van der Waals surface area contributed by atoms with Crippen LogP contribution in [0.5, 0.6) is 0 Å². The number of ether oxygens (including phenoxy) is 1. The predicted molar refractivity (Wildman–Crippen MR) is 81.3 cm³/mol. The number of hydrogen-bond donors (Lipinski definition) is 0. The number of carbonyl (C=O) groups is 1. The average Bonchev–Trinajstić information content (AvgIpc) is 3.09. The molecule has 0 heterocycles. The second-order valence-corrected chi connectivity index (χ2v) is 8.15. The fourth-order valence-corrected chi connectivity index (χ4v) is 4.28. The predicted octanol–water partition coefficient (Wildman–Crippen LogP) is 3.50. The molecule has 1 saturated carbocycles. The van der Waals surface area contributed by atoms with E-state index in [4.69, 9.17) is 15.4 Å². The Balaban J connectivity index is 2.31. The van der Waals surface area contributed by atoms with Crippen LogP contribution < -0.4 is 0 Å². The Bertz CT molecular complexity index is 675. The third kappa shape index (κ3) is 3.77. The monoisotopic (exact) mass is 330 g/mol. The summed E-state index contributed by atoms with van der Waals surface area (Å²) in [5.74, 6) is 0.198. The van der Waals surface area contributed by atoms with Crippen LogP contribution in [0, 0.1) is 26.7 Å². The van der Waals surface area contributed by atoms with Crippen molar-refractivity contribution >= 4 is 25.7 Å². The zero-order valence-corrected chi connectivity index (χ0v) is 14.0. The maximum absolute atomic E-state index is 12.2. The first kappa shape index (κ1) is 16.3. The van der Waals surface area contributed by atoms with E-state index >= 15 is 0 Å². The molecule has 0 amide bonds. The van der Waals surface area contributed by atoms with Gasteiger partial charge < -0.3 is 4.74 Å². The zero-order chi connectivity index (χ0) is 15.8. The number of benzene rings is 1. The second-order valence-electron chi connectivity index (χ2n) is 5.65. The summed E-state index contributed by atoms with van der Waals surface area (Å²) in [7, 11) is 1.58. The van der Waals surface area contributed by atoms with E-state index in [0.717, 1.165) is 6.42 Å². The van der Waals surface area contributed by atoms with Crippen LogP contribution >= 0.6 is 10.7 Å². The van der Waals surface area contributed by atoms with Crippen molar-refractivity contribution in [1.82, 2.24) is 0 Å². The summed E-state index contributed by atoms with van der Waals surface area (Å²) in [4.78, 5) is 12.2. The summed E-state index contributed by atoms with van der Waals surface area (Å²) in [5, 5.41) is 0. The first-order valence-electron chi connectivity index (χ1n) is 6.94. The molecule has 21 heavy (non-hydrogen) atoms. The summed E-state index contributed by atoms with van der Waals surface area (Å²) in [5.41, 5.74) is 1.90. The summed E-state index contributed by atoms with van der Waals surface area (Å²) < 4.78 is 28.6. The largest absolute Gasteiger partial charge is 0.462 e. The zero-order valence-electron chi connectivity index (χ0n) is 12.4. The minimum atomic E-state index is -3.90. The van der Waals surface area contributed by atoms with Crippen LogP contribution in [0.15, 0.2) is 11.0 Å². The van der Waals surface area contributed by atoms with Gasteiger partial charge in [-0.2, -0.15) is 0 Å². The Labute approximate surface area is 129 Å². The van der Waals surface area contributed by atoms with Gasteiger partial charge in [-0.3, -0.25) is 0 Å². The molecule has 1 aliphatic rings. The molecule has 0 aromatic heterocycles. The van der Waals surface area contributed by atoms with Gasteiger partial charge in [-0.25, -0.2) is 13.2 Å². The van der Waals surface area contributed by atoms with Crippen molar-refractivity contribution in [3.05, 3.63) is 28.3 Å². The fraction of sp³-hybridized carbons (Fsp3) is 0.533. The second kappa shape index (κ2) is 5.97. The first-order valence-corrected chi connectivity index (χ1v) is 9.25. The number of rotatable bonds is 5. The van der Waals surface area contributed by atoms with E-state index in [1.54, 1.807) is 26.8 Å². The molecule has 0 saturated heterocycles. The van der Waals surface area contributed by atoms with Gasteiger partial charge in [-0.05, 0) is 49.8 Å². The molecule has 0 aliphatic heterocycles. The maximum atomic E-state index is 12.2. The van der Waals surface area contributed by atoms with Gasteiger partial charge in [0.1, 0.15) is 0 Å². The van der Waals surface area contributed by atoms with Gasteiger partial charge in [0.05, 0.1) is 17.1 Å². The Morgan fingerprint density at radius 3 is 2.43 bits per heavy atom. The van der Waals surface area contributed by atoms with Crippen LogP contribution in [0.1, 0.15) is 46.3 Å². The lowest BCUT2D eigenvalue weighted by atomic mass is 10.00. The molecule has 0 N–H and O–H groups in total. The maximum Gasteiger partial charge on any atom is 0.338 e. The van der Waals surface area contributed by atoms with Gasteiger partial charge in [0.25, 0.3) is 9.05 Å². The van der Waals surface area contributed by atoms with E-state index in [9.17, 15) is 13.2 Å². The fourth-order valence-electron chi connectivity index (χ4n) is 2.65. The molecule has 1 fully saturated rings. The summed E-state index contributed by atoms with van der Waals surface area (Å²) in [6.45, 7) is 5.39. The van der Waals surface area contributed by atoms with Gasteiger partial charge >= 0.3 is 5.97 Å². The van der Waals surface area contributed by atoms with Crippen LogP contribution in [0.3, 0.4) is 0 Å². The number of aryl methyl sites for hydroxylation is 2. The van der Waals surface area contributed by atoms with E-state index < -0.39 is 15.0 Å². The Morgan fingerprint density at radius 2 is 1.90 bits per heavy atom.